The van der Waals surface area contributed by atoms with E-state index in [1.165, 1.54) is 0 Å². The maximum atomic E-state index is 12.0. The number of methoxy groups -OCH3 is 1. The minimum absolute atomic E-state index is 0.0761. The monoisotopic (exact) mass is 292 g/mol. The Balaban J connectivity index is 2.34. The van der Waals surface area contributed by atoms with Crippen LogP contribution in [0.5, 0.6) is 11.5 Å². The lowest BCUT2D eigenvalue weighted by Gasteiger charge is -2.26. The number of ether oxygens (including phenoxy) is 2. The van der Waals surface area contributed by atoms with Crippen molar-refractivity contribution in [3.63, 3.8) is 0 Å². The van der Waals surface area contributed by atoms with E-state index in [9.17, 15) is 4.79 Å². The van der Waals surface area contributed by atoms with E-state index in [0.717, 1.165) is 5.56 Å². The van der Waals surface area contributed by atoms with Gasteiger partial charge in [-0.1, -0.05) is 6.07 Å². The van der Waals surface area contributed by atoms with Gasteiger partial charge in [-0.05, 0) is 38.5 Å². The van der Waals surface area contributed by atoms with Crippen molar-refractivity contribution in [2.45, 2.75) is 45.4 Å². The van der Waals surface area contributed by atoms with Crippen molar-refractivity contribution in [1.82, 2.24) is 4.90 Å². The number of likely N-dealkylation sites (N-methyl/N-ethyl adjacent to an activating group) is 1. The van der Waals surface area contributed by atoms with E-state index in [1.54, 1.807) is 7.11 Å². The average Bonchev–Trinajstić information content (AvgIpc) is 2.72. The predicted octanol–water partition coefficient (Wildman–Crippen LogP) is 2.10. The molecule has 21 heavy (non-hydrogen) atoms. The van der Waals surface area contributed by atoms with Crippen molar-refractivity contribution >= 4 is 5.91 Å². The molecule has 2 N–H and O–H groups in total. The second-order valence-corrected chi connectivity index (χ2v) is 5.57. The predicted molar refractivity (Wildman–Crippen MR) is 81.5 cm³/mol. The summed E-state index contributed by atoms with van der Waals surface area (Å²) < 4.78 is 11.1. The summed E-state index contributed by atoms with van der Waals surface area (Å²) in [5.41, 5.74) is 7.13. The van der Waals surface area contributed by atoms with Crippen molar-refractivity contribution in [3.05, 3.63) is 23.8 Å². The van der Waals surface area contributed by atoms with E-state index in [2.05, 4.69) is 0 Å². The molecular weight excluding hydrogens is 268 g/mol. The first-order chi connectivity index (χ1) is 9.97. The van der Waals surface area contributed by atoms with Crippen LogP contribution in [0.25, 0.3) is 0 Å². The molecule has 1 aliphatic rings. The Morgan fingerprint density at radius 1 is 1.38 bits per heavy atom. The van der Waals surface area contributed by atoms with E-state index in [-0.39, 0.29) is 24.1 Å². The van der Waals surface area contributed by atoms with Crippen LogP contribution in [0, 0.1) is 0 Å². The number of rotatable bonds is 5. The Bertz CT molecular complexity index is 516. The summed E-state index contributed by atoms with van der Waals surface area (Å²) in [6, 6.07) is 5.50. The van der Waals surface area contributed by atoms with Gasteiger partial charge in [0.2, 0.25) is 5.91 Å². The number of hydrogen-bond acceptors (Lipinski definition) is 4. The molecule has 1 saturated heterocycles. The lowest BCUT2D eigenvalue weighted by molar-refractivity contribution is -0.128. The highest BCUT2D eigenvalue weighted by atomic mass is 16.5. The van der Waals surface area contributed by atoms with Crippen molar-refractivity contribution in [1.29, 1.82) is 0 Å². The standard InChI is InChI=1S/C16H24N2O3/c1-5-18-15(19)9-12(17)16(18)11-6-7-13(21-10(2)3)14(8-11)20-4/h6-8,10,12,16H,5,9,17H2,1-4H3. The number of carbonyl (C=O) groups excluding carboxylic acids is 1. The lowest BCUT2D eigenvalue weighted by Crippen LogP contribution is -2.32. The number of nitrogens with two attached hydrogens (primary N) is 1. The molecule has 5 heteroatoms. The Morgan fingerprint density at radius 3 is 2.67 bits per heavy atom. The Kier molecular flexibility index (Phi) is 4.73. The smallest absolute Gasteiger partial charge is 0.224 e. The summed E-state index contributed by atoms with van der Waals surface area (Å²) in [6.07, 6.45) is 0.470. The van der Waals surface area contributed by atoms with Gasteiger partial charge in [0.05, 0.1) is 19.3 Å². The van der Waals surface area contributed by atoms with E-state index < -0.39 is 0 Å². The SMILES string of the molecule is CCN1C(=O)CC(N)C1c1ccc(OC(C)C)c(OC)c1. The molecule has 0 aliphatic carbocycles. The van der Waals surface area contributed by atoms with Gasteiger partial charge in [0.25, 0.3) is 0 Å². The lowest BCUT2D eigenvalue weighted by atomic mass is 10.00. The van der Waals surface area contributed by atoms with Crippen LogP contribution in [0.15, 0.2) is 18.2 Å². The Hall–Kier alpha value is -1.75. The number of likely N-dealkylation sites (tertiary alicyclic amines) is 1. The van der Waals surface area contributed by atoms with Crippen LogP contribution in [-0.4, -0.2) is 36.6 Å². The molecule has 1 aromatic rings. The first-order valence-corrected chi connectivity index (χ1v) is 7.37. The van der Waals surface area contributed by atoms with Crippen LogP contribution < -0.4 is 15.2 Å². The van der Waals surface area contributed by atoms with Crippen LogP contribution >= 0.6 is 0 Å². The van der Waals surface area contributed by atoms with Gasteiger partial charge in [-0.25, -0.2) is 0 Å². The average molecular weight is 292 g/mol. The molecule has 0 spiro atoms. The number of hydrogen-bond donors (Lipinski definition) is 1. The Labute approximate surface area is 126 Å². The summed E-state index contributed by atoms with van der Waals surface area (Å²) in [5.74, 6) is 1.48. The molecule has 2 rings (SSSR count). The topological polar surface area (TPSA) is 64.8 Å². The molecule has 0 bridgehead atoms. The molecule has 2 unspecified atom stereocenters. The van der Waals surface area contributed by atoms with Gasteiger partial charge in [0, 0.05) is 19.0 Å². The molecular formula is C16H24N2O3. The number of benzene rings is 1. The van der Waals surface area contributed by atoms with Gasteiger partial charge < -0.3 is 20.1 Å². The fraction of sp³-hybridized carbons (Fsp3) is 0.562. The van der Waals surface area contributed by atoms with Gasteiger partial charge in [0.15, 0.2) is 11.5 Å². The zero-order valence-corrected chi connectivity index (χ0v) is 13.1. The van der Waals surface area contributed by atoms with E-state index in [0.29, 0.717) is 24.5 Å². The Morgan fingerprint density at radius 2 is 2.10 bits per heavy atom. The van der Waals surface area contributed by atoms with E-state index >= 15 is 0 Å². The first-order valence-electron chi connectivity index (χ1n) is 7.37. The number of carbonyl (C=O) groups is 1. The molecule has 1 fully saturated rings. The minimum Gasteiger partial charge on any atom is -0.493 e. The zero-order valence-electron chi connectivity index (χ0n) is 13.1. The van der Waals surface area contributed by atoms with E-state index in [4.69, 9.17) is 15.2 Å². The summed E-state index contributed by atoms with van der Waals surface area (Å²) in [7, 11) is 1.61. The van der Waals surface area contributed by atoms with Gasteiger partial charge in [-0.15, -0.1) is 0 Å². The van der Waals surface area contributed by atoms with E-state index in [1.807, 2.05) is 43.9 Å². The molecule has 0 radical (unpaired) electrons. The quantitative estimate of drug-likeness (QED) is 0.902. The largest absolute Gasteiger partial charge is 0.493 e. The molecule has 0 saturated carbocycles. The summed E-state index contributed by atoms with van der Waals surface area (Å²) in [6.45, 7) is 6.57. The van der Waals surface area contributed by atoms with Crippen LogP contribution in [0.3, 0.4) is 0 Å². The normalized spacial score (nSPS) is 22.0. The summed E-state index contributed by atoms with van der Waals surface area (Å²) in [5, 5.41) is 0. The maximum Gasteiger partial charge on any atom is 0.224 e. The second-order valence-electron chi connectivity index (χ2n) is 5.57. The van der Waals surface area contributed by atoms with Gasteiger partial charge in [0.1, 0.15) is 0 Å². The van der Waals surface area contributed by atoms with Crippen LogP contribution in [0.4, 0.5) is 0 Å². The fourth-order valence-electron chi connectivity index (χ4n) is 2.84. The van der Waals surface area contributed by atoms with Crippen LogP contribution in [-0.2, 0) is 4.79 Å². The van der Waals surface area contributed by atoms with Crippen molar-refractivity contribution in [2.24, 2.45) is 5.73 Å². The molecule has 1 aromatic carbocycles. The fourth-order valence-corrected chi connectivity index (χ4v) is 2.84. The molecule has 1 heterocycles. The second kappa shape index (κ2) is 6.35. The van der Waals surface area contributed by atoms with Crippen LogP contribution in [0.2, 0.25) is 0 Å². The van der Waals surface area contributed by atoms with Crippen molar-refractivity contribution in [2.75, 3.05) is 13.7 Å². The van der Waals surface area contributed by atoms with Crippen molar-refractivity contribution < 1.29 is 14.3 Å². The molecule has 2 atom stereocenters. The molecule has 0 aromatic heterocycles. The third-order valence-corrected chi connectivity index (χ3v) is 3.70. The number of nitrogens with zero attached hydrogens (tertiary/aromatic N) is 1. The minimum atomic E-state index is -0.181. The van der Waals surface area contributed by atoms with Gasteiger partial charge in [-0.3, -0.25) is 4.79 Å². The highest BCUT2D eigenvalue weighted by Gasteiger charge is 2.37. The van der Waals surface area contributed by atoms with Gasteiger partial charge >= 0.3 is 0 Å². The molecule has 5 nitrogen and oxygen atoms in total. The maximum absolute atomic E-state index is 12.0. The molecule has 116 valence electrons. The van der Waals surface area contributed by atoms with Crippen LogP contribution in [0.1, 0.15) is 38.8 Å². The molecule has 1 aliphatic heterocycles. The van der Waals surface area contributed by atoms with Gasteiger partial charge in [-0.2, -0.15) is 0 Å². The third kappa shape index (κ3) is 3.13. The van der Waals surface area contributed by atoms with Crippen molar-refractivity contribution in [3.8, 4) is 11.5 Å². The first kappa shape index (κ1) is 15.6. The highest BCUT2D eigenvalue weighted by molar-refractivity contribution is 5.80. The third-order valence-electron chi connectivity index (χ3n) is 3.70. The summed E-state index contributed by atoms with van der Waals surface area (Å²) >= 11 is 0. The molecule has 1 amide bonds. The summed E-state index contributed by atoms with van der Waals surface area (Å²) in [4.78, 5) is 13.8. The number of amides is 1. The highest BCUT2D eigenvalue weighted by Crippen LogP contribution is 2.37. The zero-order chi connectivity index (χ0) is 15.6.